The summed E-state index contributed by atoms with van der Waals surface area (Å²) in [5.41, 5.74) is 3.99. The van der Waals surface area contributed by atoms with E-state index in [0.717, 1.165) is 27.7 Å². The van der Waals surface area contributed by atoms with Gasteiger partial charge in [0.15, 0.2) is 0 Å². The molecule has 5 aromatic rings. The molecule has 0 bridgehead atoms. The van der Waals surface area contributed by atoms with Gasteiger partial charge in [-0.15, -0.1) is 10.2 Å². The third kappa shape index (κ3) is 2.93. The fraction of sp³-hybridized carbons (Fsp3) is 0. The van der Waals surface area contributed by atoms with Crippen molar-refractivity contribution in [1.82, 2.24) is 15.2 Å². The Bertz CT molecular complexity index is 1280. The Morgan fingerprint density at radius 1 is 0.679 bits per heavy atom. The number of fused-ring (bicyclic) bond motifs is 1. The summed E-state index contributed by atoms with van der Waals surface area (Å²) >= 11 is 0. The number of aromatic nitrogens is 3. The lowest BCUT2D eigenvalue weighted by Crippen LogP contribution is -1.89. The summed E-state index contributed by atoms with van der Waals surface area (Å²) in [5, 5.41) is 9.23. The third-order valence-corrected chi connectivity index (χ3v) is 4.51. The monoisotopic (exact) mass is 367 g/mol. The smallest absolute Gasteiger partial charge is 0.248 e. The Hall–Kier alpha value is -3.86. The predicted molar refractivity (Wildman–Crippen MR) is 106 cm³/mol. The molecule has 0 aliphatic heterocycles. The van der Waals surface area contributed by atoms with Crippen molar-refractivity contribution in [3.63, 3.8) is 0 Å². The number of hydrogen-bond donors (Lipinski definition) is 0. The average molecular weight is 367 g/mol. The quantitative estimate of drug-likeness (QED) is 0.407. The van der Waals surface area contributed by atoms with E-state index >= 15 is 0 Å². The lowest BCUT2D eigenvalue weighted by molar-refractivity contribution is 0.582. The molecular weight excluding hydrogens is 353 g/mol. The number of benzene rings is 3. The van der Waals surface area contributed by atoms with Crippen LogP contribution in [0.15, 0.2) is 89.3 Å². The van der Waals surface area contributed by atoms with Crippen LogP contribution in [0.2, 0.25) is 0 Å². The van der Waals surface area contributed by atoms with E-state index in [4.69, 9.17) is 9.40 Å². The van der Waals surface area contributed by atoms with Crippen LogP contribution < -0.4 is 0 Å². The van der Waals surface area contributed by atoms with E-state index in [0.29, 0.717) is 11.5 Å². The minimum atomic E-state index is -0.349. The maximum atomic E-state index is 13.5. The van der Waals surface area contributed by atoms with E-state index < -0.39 is 0 Å². The standard InChI is InChI=1S/C23H14FN3O/c24-17-10-6-9-16(13-17)22-26-27-23(28-22)19-14-21(15-7-2-1-3-8-15)25-20-12-5-4-11-18(19)20/h1-14H. The van der Waals surface area contributed by atoms with E-state index in [1.807, 2.05) is 60.7 Å². The molecule has 0 atom stereocenters. The first-order valence-corrected chi connectivity index (χ1v) is 8.83. The van der Waals surface area contributed by atoms with Crippen molar-refractivity contribution >= 4 is 10.9 Å². The van der Waals surface area contributed by atoms with Crippen molar-refractivity contribution in [3.8, 4) is 34.2 Å². The van der Waals surface area contributed by atoms with E-state index in [9.17, 15) is 4.39 Å². The molecule has 2 aromatic heterocycles. The summed E-state index contributed by atoms with van der Waals surface area (Å²) < 4.78 is 19.4. The molecule has 0 aliphatic carbocycles. The van der Waals surface area contributed by atoms with Crippen LogP contribution in [-0.4, -0.2) is 15.2 Å². The highest BCUT2D eigenvalue weighted by atomic mass is 19.1. The third-order valence-electron chi connectivity index (χ3n) is 4.51. The largest absolute Gasteiger partial charge is 0.416 e. The van der Waals surface area contributed by atoms with Gasteiger partial charge in [-0.25, -0.2) is 9.37 Å². The molecule has 2 heterocycles. The zero-order chi connectivity index (χ0) is 18.9. The Labute approximate surface area is 160 Å². The first-order chi connectivity index (χ1) is 13.8. The predicted octanol–water partition coefficient (Wildman–Crippen LogP) is 5.76. The number of pyridine rings is 1. The number of rotatable bonds is 3. The SMILES string of the molecule is Fc1cccc(-c2nnc(-c3cc(-c4ccccc4)nc4ccccc34)o2)c1. The fourth-order valence-electron chi connectivity index (χ4n) is 3.18. The molecule has 0 amide bonds. The summed E-state index contributed by atoms with van der Waals surface area (Å²) in [6.07, 6.45) is 0. The van der Waals surface area contributed by atoms with Crippen LogP contribution in [0.1, 0.15) is 0 Å². The molecule has 0 spiro atoms. The lowest BCUT2D eigenvalue weighted by atomic mass is 10.0. The average Bonchev–Trinajstić information content (AvgIpc) is 3.24. The minimum Gasteiger partial charge on any atom is -0.416 e. The Kier molecular flexibility index (Phi) is 3.91. The lowest BCUT2D eigenvalue weighted by Gasteiger charge is -2.07. The molecule has 28 heavy (non-hydrogen) atoms. The van der Waals surface area contributed by atoms with Crippen molar-refractivity contribution in [2.75, 3.05) is 0 Å². The van der Waals surface area contributed by atoms with Crippen LogP contribution >= 0.6 is 0 Å². The summed E-state index contributed by atoms with van der Waals surface area (Å²) in [7, 11) is 0. The molecule has 0 saturated carbocycles. The van der Waals surface area contributed by atoms with Crippen LogP contribution in [0.25, 0.3) is 45.1 Å². The molecule has 0 saturated heterocycles. The molecule has 0 unspecified atom stereocenters. The van der Waals surface area contributed by atoms with Gasteiger partial charge in [0.05, 0.1) is 16.8 Å². The minimum absolute atomic E-state index is 0.275. The Balaban J connectivity index is 1.68. The molecule has 5 rings (SSSR count). The van der Waals surface area contributed by atoms with Crippen molar-refractivity contribution in [3.05, 3.63) is 90.7 Å². The van der Waals surface area contributed by atoms with E-state index in [1.165, 1.54) is 12.1 Å². The molecular formula is C23H14FN3O. The van der Waals surface area contributed by atoms with Crippen molar-refractivity contribution in [2.24, 2.45) is 0 Å². The van der Waals surface area contributed by atoms with Gasteiger partial charge in [0.1, 0.15) is 5.82 Å². The van der Waals surface area contributed by atoms with Gasteiger partial charge < -0.3 is 4.42 Å². The van der Waals surface area contributed by atoms with Crippen molar-refractivity contribution in [1.29, 1.82) is 0 Å². The number of para-hydroxylation sites is 1. The fourth-order valence-corrected chi connectivity index (χ4v) is 3.18. The second-order valence-corrected chi connectivity index (χ2v) is 6.36. The van der Waals surface area contributed by atoms with Gasteiger partial charge in [-0.1, -0.05) is 54.6 Å². The van der Waals surface area contributed by atoms with Crippen LogP contribution in [0.3, 0.4) is 0 Å². The highest BCUT2D eigenvalue weighted by Gasteiger charge is 2.16. The van der Waals surface area contributed by atoms with Crippen molar-refractivity contribution in [2.45, 2.75) is 0 Å². The molecule has 134 valence electrons. The first-order valence-electron chi connectivity index (χ1n) is 8.83. The van der Waals surface area contributed by atoms with E-state index in [1.54, 1.807) is 12.1 Å². The van der Waals surface area contributed by atoms with Gasteiger partial charge in [-0.05, 0) is 30.3 Å². The second-order valence-electron chi connectivity index (χ2n) is 6.36. The van der Waals surface area contributed by atoms with Crippen LogP contribution in [0, 0.1) is 5.82 Å². The van der Waals surface area contributed by atoms with E-state index in [-0.39, 0.29) is 11.7 Å². The van der Waals surface area contributed by atoms with Crippen LogP contribution in [-0.2, 0) is 0 Å². The molecule has 0 radical (unpaired) electrons. The van der Waals surface area contributed by atoms with Gasteiger partial charge in [-0.2, -0.15) is 0 Å². The number of hydrogen-bond acceptors (Lipinski definition) is 4. The zero-order valence-electron chi connectivity index (χ0n) is 14.7. The van der Waals surface area contributed by atoms with Gasteiger partial charge in [-0.3, -0.25) is 0 Å². The molecule has 0 aliphatic rings. The highest BCUT2D eigenvalue weighted by Crippen LogP contribution is 2.32. The van der Waals surface area contributed by atoms with Gasteiger partial charge in [0.25, 0.3) is 0 Å². The molecule has 0 fully saturated rings. The Morgan fingerprint density at radius 2 is 1.43 bits per heavy atom. The van der Waals surface area contributed by atoms with E-state index in [2.05, 4.69) is 10.2 Å². The van der Waals surface area contributed by atoms with Crippen LogP contribution in [0.5, 0.6) is 0 Å². The first kappa shape index (κ1) is 16.3. The highest BCUT2D eigenvalue weighted by molar-refractivity contribution is 5.94. The maximum Gasteiger partial charge on any atom is 0.248 e. The van der Waals surface area contributed by atoms with Gasteiger partial charge in [0.2, 0.25) is 11.8 Å². The van der Waals surface area contributed by atoms with Gasteiger partial charge >= 0.3 is 0 Å². The van der Waals surface area contributed by atoms with Crippen molar-refractivity contribution < 1.29 is 8.81 Å². The summed E-state index contributed by atoms with van der Waals surface area (Å²) in [6.45, 7) is 0. The zero-order valence-corrected chi connectivity index (χ0v) is 14.7. The summed E-state index contributed by atoms with van der Waals surface area (Å²) in [6, 6.07) is 25.8. The molecule has 3 aromatic carbocycles. The van der Waals surface area contributed by atoms with Gasteiger partial charge in [0, 0.05) is 16.5 Å². The number of halogens is 1. The molecule has 5 heteroatoms. The Morgan fingerprint density at radius 3 is 2.29 bits per heavy atom. The normalized spacial score (nSPS) is 11.0. The maximum absolute atomic E-state index is 13.5. The molecule has 4 nitrogen and oxygen atoms in total. The topological polar surface area (TPSA) is 51.8 Å². The summed E-state index contributed by atoms with van der Waals surface area (Å²) in [4.78, 5) is 4.77. The second kappa shape index (κ2) is 6.70. The number of nitrogens with zero attached hydrogens (tertiary/aromatic N) is 3. The van der Waals surface area contributed by atoms with Crippen LogP contribution in [0.4, 0.5) is 4.39 Å². The molecule has 0 N–H and O–H groups in total. The summed E-state index contributed by atoms with van der Waals surface area (Å²) in [5.74, 6) is 0.296.